The molecule has 0 amide bonds. The summed E-state index contributed by atoms with van der Waals surface area (Å²) in [6, 6.07) is 5.87. The van der Waals surface area contributed by atoms with Gasteiger partial charge in [-0.25, -0.2) is 8.78 Å². The van der Waals surface area contributed by atoms with Crippen molar-refractivity contribution in [3.63, 3.8) is 0 Å². The van der Waals surface area contributed by atoms with Crippen LogP contribution in [-0.2, 0) is 11.3 Å². The van der Waals surface area contributed by atoms with Crippen LogP contribution in [0.5, 0.6) is 0 Å². The minimum atomic E-state index is -2.48. The van der Waals surface area contributed by atoms with Gasteiger partial charge in [0.25, 0.3) is 6.43 Å². The molecule has 0 heterocycles. The van der Waals surface area contributed by atoms with E-state index < -0.39 is 12.4 Å². The van der Waals surface area contributed by atoms with E-state index in [-0.39, 0.29) is 12.1 Å². The lowest BCUT2D eigenvalue weighted by Crippen LogP contribution is -2.29. The highest BCUT2D eigenvalue weighted by molar-refractivity contribution is 5.69. The smallest absolute Gasteiger partial charge is 0.317 e. The molecule has 0 unspecified atom stereocenters. The zero-order valence-electron chi connectivity index (χ0n) is 9.85. The van der Waals surface area contributed by atoms with E-state index in [9.17, 15) is 13.6 Å². The summed E-state index contributed by atoms with van der Waals surface area (Å²) in [5.74, 6) is -0.930. The van der Waals surface area contributed by atoms with Crippen LogP contribution < -0.4 is 0 Å². The first-order valence-electron chi connectivity index (χ1n) is 5.45. The fourth-order valence-electron chi connectivity index (χ4n) is 1.59. The molecule has 3 nitrogen and oxygen atoms in total. The van der Waals surface area contributed by atoms with E-state index in [4.69, 9.17) is 5.11 Å². The molecule has 98 valence electrons. The van der Waals surface area contributed by atoms with Crippen LogP contribution in [0.15, 0.2) is 36.9 Å². The monoisotopic (exact) mass is 255 g/mol. The van der Waals surface area contributed by atoms with Crippen molar-refractivity contribution in [2.24, 2.45) is 0 Å². The zero-order valence-corrected chi connectivity index (χ0v) is 9.85. The number of rotatable bonds is 7. The quantitative estimate of drug-likeness (QED) is 0.761. The molecule has 0 fully saturated rings. The Balaban J connectivity index is 2.68. The van der Waals surface area contributed by atoms with E-state index in [1.165, 1.54) is 12.1 Å². The van der Waals surface area contributed by atoms with Crippen LogP contribution in [0.1, 0.15) is 17.6 Å². The summed E-state index contributed by atoms with van der Waals surface area (Å²) in [6.45, 7) is 4.27. The molecule has 18 heavy (non-hydrogen) atoms. The third kappa shape index (κ3) is 4.63. The number of carbonyl (C=O) groups is 1. The van der Waals surface area contributed by atoms with Crippen molar-refractivity contribution in [1.82, 2.24) is 4.90 Å². The maximum atomic E-state index is 12.4. The highest BCUT2D eigenvalue weighted by atomic mass is 19.3. The summed E-state index contributed by atoms with van der Waals surface area (Å²) in [5.41, 5.74) is 0.759. The van der Waals surface area contributed by atoms with E-state index in [0.29, 0.717) is 13.1 Å². The molecule has 0 aliphatic heterocycles. The minimum Gasteiger partial charge on any atom is -0.480 e. The van der Waals surface area contributed by atoms with Crippen molar-refractivity contribution in [2.75, 3.05) is 13.1 Å². The van der Waals surface area contributed by atoms with Gasteiger partial charge < -0.3 is 5.11 Å². The van der Waals surface area contributed by atoms with Crippen molar-refractivity contribution in [3.05, 3.63) is 48.0 Å². The molecule has 0 atom stereocenters. The summed E-state index contributed by atoms with van der Waals surface area (Å²) in [7, 11) is 0. The van der Waals surface area contributed by atoms with Crippen LogP contribution in [-0.4, -0.2) is 29.1 Å². The number of benzene rings is 1. The van der Waals surface area contributed by atoms with Crippen LogP contribution in [0.4, 0.5) is 8.78 Å². The number of hydrogen-bond donors (Lipinski definition) is 1. The van der Waals surface area contributed by atoms with Gasteiger partial charge in [-0.3, -0.25) is 9.69 Å². The number of nitrogens with zero attached hydrogens (tertiary/aromatic N) is 1. The van der Waals surface area contributed by atoms with Crippen LogP contribution >= 0.6 is 0 Å². The first-order valence-corrected chi connectivity index (χ1v) is 5.45. The van der Waals surface area contributed by atoms with E-state index in [1.807, 2.05) is 0 Å². The predicted molar refractivity (Wildman–Crippen MR) is 64.5 cm³/mol. The normalized spacial score (nSPS) is 10.9. The third-order valence-electron chi connectivity index (χ3n) is 2.38. The topological polar surface area (TPSA) is 40.5 Å². The molecule has 0 aromatic heterocycles. The van der Waals surface area contributed by atoms with Gasteiger partial charge in [-0.15, -0.1) is 6.58 Å². The molecule has 5 heteroatoms. The fraction of sp³-hybridized carbons (Fsp3) is 0.308. The van der Waals surface area contributed by atoms with Crippen molar-refractivity contribution >= 4 is 5.97 Å². The molecular weight excluding hydrogens is 240 g/mol. The standard InChI is InChI=1S/C13H15F2NO2/c1-2-7-16(9-12(17)18)8-10-3-5-11(6-4-10)13(14)15/h2-6,13H,1,7-9H2,(H,17,18). The zero-order chi connectivity index (χ0) is 13.5. The maximum Gasteiger partial charge on any atom is 0.317 e. The summed E-state index contributed by atoms with van der Waals surface area (Å²) in [6.07, 6.45) is -0.876. The second-order valence-electron chi connectivity index (χ2n) is 3.89. The molecular formula is C13H15F2NO2. The molecule has 0 aliphatic carbocycles. The number of halogens is 2. The molecule has 0 saturated carbocycles. The number of carboxylic acids is 1. The van der Waals surface area contributed by atoms with Crippen molar-refractivity contribution in [1.29, 1.82) is 0 Å². The summed E-state index contributed by atoms with van der Waals surface area (Å²) in [5, 5.41) is 8.73. The van der Waals surface area contributed by atoms with Gasteiger partial charge in [0.2, 0.25) is 0 Å². The minimum absolute atomic E-state index is 0.0349. The van der Waals surface area contributed by atoms with E-state index in [0.717, 1.165) is 5.56 Å². The molecule has 0 spiro atoms. The van der Waals surface area contributed by atoms with Crippen LogP contribution in [0, 0.1) is 0 Å². The molecule has 0 saturated heterocycles. The van der Waals surface area contributed by atoms with Crippen LogP contribution in [0.25, 0.3) is 0 Å². The Morgan fingerprint density at radius 3 is 2.44 bits per heavy atom. The Bertz CT molecular complexity index is 404. The summed E-state index contributed by atoms with van der Waals surface area (Å²) in [4.78, 5) is 12.3. The molecule has 1 aromatic rings. The first kappa shape index (κ1) is 14.3. The van der Waals surface area contributed by atoms with Gasteiger partial charge in [-0.1, -0.05) is 30.3 Å². The Kier molecular flexibility index (Phi) is 5.45. The Morgan fingerprint density at radius 2 is 2.00 bits per heavy atom. The van der Waals surface area contributed by atoms with E-state index >= 15 is 0 Å². The van der Waals surface area contributed by atoms with Crippen LogP contribution in [0.2, 0.25) is 0 Å². The van der Waals surface area contributed by atoms with Crippen molar-refractivity contribution in [2.45, 2.75) is 13.0 Å². The summed E-state index contributed by atoms with van der Waals surface area (Å²) < 4.78 is 24.7. The number of alkyl halides is 2. The molecule has 1 N–H and O–H groups in total. The Labute approximate surface area is 104 Å². The first-order chi connectivity index (χ1) is 8.52. The van der Waals surface area contributed by atoms with Crippen LogP contribution in [0.3, 0.4) is 0 Å². The van der Waals surface area contributed by atoms with Crippen molar-refractivity contribution in [3.8, 4) is 0 Å². The average molecular weight is 255 g/mol. The van der Waals surface area contributed by atoms with E-state index in [2.05, 4.69) is 6.58 Å². The summed E-state index contributed by atoms with van der Waals surface area (Å²) >= 11 is 0. The largest absolute Gasteiger partial charge is 0.480 e. The average Bonchev–Trinajstić information content (AvgIpc) is 2.29. The SMILES string of the molecule is C=CCN(CC(=O)O)Cc1ccc(C(F)F)cc1. The molecule has 0 bridgehead atoms. The van der Waals surface area contributed by atoms with Gasteiger partial charge in [-0.2, -0.15) is 0 Å². The lowest BCUT2D eigenvalue weighted by Gasteiger charge is -2.18. The van der Waals surface area contributed by atoms with Gasteiger partial charge in [0, 0.05) is 18.7 Å². The second kappa shape index (κ2) is 6.86. The van der Waals surface area contributed by atoms with Gasteiger partial charge >= 0.3 is 5.97 Å². The Morgan fingerprint density at radius 1 is 1.39 bits per heavy atom. The van der Waals surface area contributed by atoms with Gasteiger partial charge in [0.1, 0.15) is 0 Å². The Hall–Kier alpha value is -1.75. The molecule has 1 rings (SSSR count). The maximum absolute atomic E-state index is 12.4. The fourth-order valence-corrected chi connectivity index (χ4v) is 1.59. The molecule has 1 aromatic carbocycles. The van der Waals surface area contributed by atoms with E-state index in [1.54, 1.807) is 23.1 Å². The highest BCUT2D eigenvalue weighted by Gasteiger charge is 2.10. The number of aliphatic carboxylic acids is 1. The number of carboxylic acid groups (broad SMARTS) is 1. The van der Waals surface area contributed by atoms with Gasteiger partial charge in [-0.05, 0) is 5.56 Å². The third-order valence-corrected chi connectivity index (χ3v) is 2.38. The molecule has 0 radical (unpaired) electrons. The predicted octanol–water partition coefficient (Wildman–Crippen LogP) is 2.70. The second-order valence-corrected chi connectivity index (χ2v) is 3.89. The number of hydrogen-bond acceptors (Lipinski definition) is 2. The lowest BCUT2D eigenvalue weighted by atomic mass is 10.1. The van der Waals surface area contributed by atoms with Gasteiger partial charge in [0.05, 0.1) is 6.54 Å². The van der Waals surface area contributed by atoms with Gasteiger partial charge in [0.15, 0.2) is 0 Å². The highest BCUT2D eigenvalue weighted by Crippen LogP contribution is 2.19. The lowest BCUT2D eigenvalue weighted by molar-refractivity contribution is -0.138. The van der Waals surface area contributed by atoms with Crippen molar-refractivity contribution < 1.29 is 18.7 Å². The molecule has 0 aliphatic rings.